The van der Waals surface area contributed by atoms with Crippen molar-refractivity contribution >= 4 is 0 Å². The van der Waals surface area contributed by atoms with Gasteiger partial charge < -0.3 is 10.8 Å². The van der Waals surface area contributed by atoms with Crippen LogP contribution in [0.1, 0.15) is 39.5 Å². The summed E-state index contributed by atoms with van der Waals surface area (Å²) in [5.74, 6) is 0.677. The summed E-state index contributed by atoms with van der Waals surface area (Å²) in [6, 6.07) is 0.634. The molecule has 0 aromatic rings. The molecule has 1 aliphatic rings. The van der Waals surface area contributed by atoms with Gasteiger partial charge in [-0.25, -0.2) is 0 Å². The van der Waals surface area contributed by atoms with E-state index in [0.29, 0.717) is 12.0 Å². The average molecular weight is 214 g/mol. The molecule has 0 heterocycles. The first-order valence-electron chi connectivity index (χ1n) is 6.24. The molecule has 3 N–H and O–H groups in total. The summed E-state index contributed by atoms with van der Waals surface area (Å²) in [4.78, 5) is 2.48. The number of aliphatic hydroxyl groups excluding tert-OH is 1. The minimum Gasteiger partial charge on any atom is -0.395 e. The van der Waals surface area contributed by atoms with Gasteiger partial charge in [0.15, 0.2) is 0 Å². The molecule has 1 saturated carbocycles. The molecule has 0 amide bonds. The Morgan fingerprint density at radius 2 is 1.87 bits per heavy atom. The van der Waals surface area contributed by atoms with Gasteiger partial charge in [-0.1, -0.05) is 26.7 Å². The van der Waals surface area contributed by atoms with Crippen LogP contribution in [0, 0.1) is 5.92 Å². The van der Waals surface area contributed by atoms with Gasteiger partial charge in [-0.3, -0.25) is 4.90 Å². The molecule has 1 atom stereocenters. The van der Waals surface area contributed by atoms with Gasteiger partial charge in [0.2, 0.25) is 0 Å². The molecule has 15 heavy (non-hydrogen) atoms. The summed E-state index contributed by atoms with van der Waals surface area (Å²) >= 11 is 0. The quantitative estimate of drug-likeness (QED) is 0.698. The summed E-state index contributed by atoms with van der Waals surface area (Å²) in [7, 11) is 0. The second-order valence-corrected chi connectivity index (χ2v) is 5.23. The maximum Gasteiger partial charge on any atom is 0.0595 e. The molecule has 0 saturated heterocycles. The van der Waals surface area contributed by atoms with Crippen LogP contribution in [0.2, 0.25) is 0 Å². The Morgan fingerprint density at radius 1 is 1.27 bits per heavy atom. The molecule has 0 bridgehead atoms. The second-order valence-electron chi connectivity index (χ2n) is 5.23. The number of hydrogen-bond donors (Lipinski definition) is 2. The second kappa shape index (κ2) is 6.46. The van der Waals surface area contributed by atoms with E-state index in [2.05, 4.69) is 18.7 Å². The van der Waals surface area contributed by atoms with Gasteiger partial charge in [-0.05, 0) is 18.8 Å². The molecule has 0 aromatic heterocycles. The van der Waals surface area contributed by atoms with Crippen LogP contribution in [0.4, 0.5) is 0 Å². The van der Waals surface area contributed by atoms with Gasteiger partial charge in [0.1, 0.15) is 0 Å². The topological polar surface area (TPSA) is 49.5 Å². The third-order valence-corrected chi connectivity index (χ3v) is 3.14. The van der Waals surface area contributed by atoms with E-state index < -0.39 is 0 Å². The lowest BCUT2D eigenvalue weighted by Gasteiger charge is -2.32. The lowest BCUT2D eigenvalue weighted by atomic mass is 10.1. The van der Waals surface area contributed by atoms with Crippen molar-refractivity contribution in [2.75, 3.05) is 19.7 Å². The van der Waals surface area contributed by atoms with Gasteiger partial charge in [-0.15, -0.1) is 0 Å². The highest BCUT2D eigenvalue weighted by Crippen LogP contribution is 2.24. The Bertz CT molecular complexity index is 167. The number of rotatable bonds is 6. The van der Waals surface area contributed by atoms with Gasteiger partial charge in [0, 0.05) is 25.2 Å². The van der Waals surface area contributed by atoms with E-state index in [1.165, 1.54) is 25.7 Å². The summed E-state index contributed by atoms with van der Waals surface area (Å²) < 4.78 is 0. The van der Waals surface area contributed by atoms with Gasteiger partial charge in [-0.2, -0.15) is 0 Å². The predicted molar refractivity (Wildman–Crippen MR) is 63.7 cm³/mol. The van der Waals surface area contributed by atoms with Crippen molar-refractivity contribution in [2.24, 2.45) is 11.7 Å². The Morgan fingerprint density at radius 3 is 2.33 bits per heavy atom. The molecular formula is C12H26N2O. The molecule has 1 unspecified atom stereocenters. The first kappa shape index (κ1) is 12.9. The molecule has 1 rings (SSSR count). The third kappa shape index (κ3) is 4.49. The lowest BCUT2D eigenvalue weighted by molar-refractivity contribution is 0.145. The van der Waals surface area contributed by atoms with Crippen LogP contribution in [0.15, 0.2) is 0 Å². The Hall–Kier alpha value is -0.120. The van der Waals surface area contributed by atoms with E-state index in [9.17, 15) is 0 Å². The van der Waals surface area contributed by atoms with Crippen LogP contribution in [-0.2, 0) is 0 Å². The van der Waals surface area contributed by atoms with E-state index >= 15 is 0 Å². The van der Waals surface area contributed by atoms with Crippen LogP contribution < -0.4 is 5.73 Å². The van der Waals surface area contributed by atoms with Crippen LogP contribution in [-0.4, -0.2) is 41.8 Å². The third-order valence-electron chi connectivity index (χ3n) is 3.14. The monoisotopic (exact) mass is 214 g/mol. The lowest BCUT2D eigenvalue weighted by Crippen LogP contribution is -2.45. The van der Waals surface area contributed by atoms with Gasteiger partial charge >= 0.3 is 0 Å². The molecule has 3 nitrogen and oxygen atoms in total. The van der Waals surface area contributed by atoms with Crippen molar-refractivity contribution < 1.29 is 5.11 Å². The predicted octanol–water partition coefficient (Wildman–Crippen LogP) is 1.21. The highest BCUT2D eigenvalue weighted by Gasteiger charge is 2.24. The fourth-order valence-electron chi connectivity index (χ4n) is 2.47. The molecular weight excluding hydrogens is 188 g/mol. The summed E-state index contributed by atoms with van der Waals surface area (Å²) in [5, 5.41) is 9.01. The Balaban J connectivity index is 2.43. The van der Waals surface area contributed by atoms with E-state index in [1.54, 1.807) is 0 Å². The van der Waals surface area contributed by atoms with E-state index in [0.717, 1.165) is 13.1 Å². The van der Waals surface area contributed by atoms with Crippen molar-refractivity contribution in [2.45, 2.75) is 51.6 Å². The zero-order valence-electron chi connectivity index (χ0n) is 10.2. The van der Waals surface area contributed by atoms with Crippen LogP contribution >= 0.6 is 0 Å². The van der Waals surface area contributed by atoms with Gasteiger partial charge in [0.05, 0.1) is 6.61 Å². The maximum atomic E-state index is 9.01. The normalized spacial score (nSPS) is 20.4. The SMILES string of the molecule is CC(C)CN(CC(N)CO)C1CCCC1. The summed E-state index contributed by atoms with van der Waals surface area (Å²) in [5.41, 5.74) is 5.83. The fourth-order valence-corrected chi connectivity index (χ4v) is 2.47. The minimum absolute atomic E-state index is 0.0793. The number of nitrogens with zero attached hydrogens (tertiary/aromatic N) is 1. The van der Waals surface area contributed by atoms with Crippen molar-refractivity contribution in [3.05, 3.63) is 0 Å². The summed E-state index contributed by atoms with van der Waals surface area (Å²) in [6.45, 7) is 6.54. The molecule has 0 aromatic carbocycles. The van der Waals surface area contributed by atoms with Gasteiger partial charge in [0.25, 0.3) is 0 Å². The molecule has 3 heteroatoms. The van der Waals surface area contributed by atoms with Crippen LogP contribution in [0.5, 0.6) is 0 Å². The minimum atomic E-state index is -0.0793. The van der Waals surface area contributed by atoms with Crippen molar-refractivity contribution in [3.8, 4) is 0 Å². The molecule has 90 valence electrons. The number of hydrogen-bond acceptors (Lipinski definition) is 3. The van der Waals surface area contributed by atoms with E-state index in [4.69, 9.17) is 10.8 Å². The average Bonchev–Trinajstić information content (AvgIpc) is 2.68. The Labute approximate surface area is 93.6 Å². The van der Waals surface area contributed by atoms with Crippen molar-refractivity contribution in [3.63, 3.8) is 0 Å². The molecule has 1 fully saturated rings. The van der Waals surface area contributed by atoms with Crippen molar-refractivity contribution in [1.82, 2.24) is 4.90 Å². The highest BCUT2D eigenvalue weighted by molar-refractivity contribution is 4.80. The standard InChI is InChI=1S/C12H26N2O/c1-10(2)7-14(8-11(13)9-15)12-5-3-4-6-12/h10-12,15H,3-9,13H2,1-2H3. The van der Waals surface area contributed by atoms with E-state index in [-0.39, 0.29) is 12.6 Å². The largest absolute Gasteiger partial charge is 0.395 e. The van der Waals surface area contributed by atoms with Crippen molar-refractivity contribution in [1.29, 1.82) is 0 Å². The first-order valence-corrected chi connectivity index (χ1v) is 6.24. The van der Waals surface area contributed by atoms with E-state index in [1.807, 2.05) is 0 Å². The molecule has 0 radical (unpaired) electrons. The number of aliphatic hydroxyl groups is 1. The maximum absolute atomic E-state index is 9.01. The molecule has 0 aliphatic heterocycles. The highest BCUT2D eigenvalue weighted by atomic mass is 16.3. The number of nitrogens with two attached hydrogens (primary N) is 1. The van der Waals surface area contributed by atoms with Crippen LogP contribution in [0.25, 0.3) is 0 Å². The zero-order valence-corrected chi connectivity index (χ0v) is 10.2. The molecule has 0 spiro atoms. The fraction of sp³-hybridized carbons (Fsp3) is 1.00. The van der Waals surface area contributed by atoms with Crippen LogP contribution in [0.3, 0.4) is 0 Å². The summed E-state index contributed by atoms with van der Waals surface area (Å²) in [6.07, 6.45) is 5.33. The first-order chi connectivity index (χ1) is 7.13. The zero-order chi connectivity index (χ0) is 11.3. The smallest absolute Gasteiger partial charge is 0.0595 e. The Kier molecular flexibility index (Phi) is 5.58. The molecule has 1 aliphatic carbocycles.